The van der Waals surface area contributed by atoms with Gasteiger partial charge >= 0.3 is 11.9 Å². The Morgan fingerprint density at radius 2 is 1.33 bits per heavy atom. The Balaban J connectivity index is 1.77. The fraction of sp³-hybridized carbons (Fsp3) is 0.176. The molecule has 7 nitrogen and oxygen atoms in total. The molecule has 0 radical (unpaired) electrons. The number of nitrogen functional groups attached to an aromatic ring is 2. The summed E-state index contributed by atoms with van der Waals surface area (Å²) in [7, 11) is 0. The van der Waals surface area contributed by atoms with Crippen molar-refractivity contribution in [3.63, 3.8) is 0 Å². The SMILES string of the molecule is CC(OCC(=O)Oc1ccc(N)cc1)C(=O)Oc1ccc(N)cc1. The number of hydrogen-bond acceptors (Lipinski definition) is 7. The number of hydrogen-bond donors (Lipinski definition) is 2. The lowest BCUT2D eigenvalue weighted by Gasteiger charge is -2.12. The molecule has 0 fully saturated rings. The van der Waals surface area contributed by atoms with Crippen LogP contribution in [0.15, 0.2) is 48.5 Å². The smallest absolute Gasteiger partial charge is 0.340 e. The van der Waals surface area contributed by atoms with Gasteiger partial charge in [0, 0.05) is 11.4 Å². The van der Waals surface area contributed by atoms with Gasteiger partial charge in [0.25, 0.3) is 0 Å². The molecule has 24 heavy (non-hydrogen) atoms. The number of rotatable bonds is 6. The van der Waals surface area contributed by atoms with E-state index in [1.165, 1.54) is 6.92 Å². The van der Waals surface area contributed by atoms with Gasteiger partial charge in [0.2, 0.25) is 0 Å². The second-order valence-electron chi connectivity index (χ2n) is 4.99. The Hall–Kier alpha value is -3.06. The average molecular weight is 330 g/mol. The number of carbonyl (C=O) groups is 2. The van der Waals surface area contributed by atoms with Crippen LogP contribution >= 0.6 is 0 Å². The summed E-state index contributed by atoms with van der Waals surface area (Å²) < 4.78 is 15.3. The summed E-state index contributed by atoms with van der Waals surface area (Å²) in [5.41, 5.74) is 12.2. The number of ether oxygens (including phenoxy) is 3. The van der Waals surface area contributed by atoms with E-state index in [-0.39, 0.29) is 6.61 Å². The van der Waals surface area contributed by atoms with Crippen molar-refractivity contribution in [1.82, 2.24) is 0 Å². The van der Waals surface area contributed by atoms with Crippen molar-refractivity contribution in [2.24, 2.45) is 0 Å². The molecule has 1 unspecified atom stereocenters. The van der Waals surface area contributed by atoms with Crippen LogP contribution < -0.4 is 20.9 Å². The second-order valence-corrected chi connectivity index (χ2v) is 4.99. The molecule has 1 atom stereocenters. The third-order valence-electron chi connectivity index (χ3n) is 2.99. The van der Waals surface area contributed by atoms with Gasteiger partial charge in [0.15, 0.2) is 6.10 Å². The molecule has 2 aromatic rings. The molecule has 0 heterocycles. The zero-order valence-corrected chi connectivity index (χ0v) is 13.1. The first-order valence-electron chi connectivity index (χ1n) is 7.19. The van der Waals surface area contributed by atoms with Gasteiger partial charge in [-0.15, -0.1) is 0 Å². The molecule has 2 rings (SSSR count). The maximum atomic E-state index is 11.9. The molecule has 2 aromatic carbocycles. The van der Waals surface area contributed by atoms with Gasteiger partial charge in [0.05, 0.1) is 0 Å². The van der Waals surface area contributed by atoms with Crippen LogP contribution in [-0.4, -0.2) is 24.6 Å². The summed E-state index contributed by atoms with van der Waals surface area (Å²) in [5.74, 6) is -0.573. The average Bonchev–Trinajstić information content (AvgIpc) is 2.57. The minimum atomic E-state index is -0.929. The van der Waals surface area contributed by atoms with Crippen LogP contribution in [0.3, 0.4) is 0 Å². The molecule has 0 aliphatic heterocycles. The maximum absolute atomic E-state index is 11.9. The number of nitrogens with two attached hydrogens (primary N) is 2. The topological polar surface area (TPSA) is 114 Å². The second kappa shape index (κ2) is 7.98. The van der Waals surface area contributed by atoms with Crippen molar-refractivity contribution >= 4 is 23.3 Å². The molecular weight excluding hydrogens is 312 g/mol. The van der Waals surface area contributed by atoms with Gasteiger partial charge in [0.1, 0.15) is 18.1 Å². The summed E-state index contributed by atoms with van der Waals surface area (Å²) in [6.07, 6.45) is -0.929. The lowest BCUT2D eigenvalue weighted by atomic mass is 10.3. The molecule has 0 saturated carbocycles. The van der Waals surface area contributed by atoms with E-state index in [2.05, 4.69) is 0 Å². The standard InChI is InChI=1S/C17H18N2O5/c1-11(17(21)24-15-8-4-13(19)5-9-15)22-10-16(20)23-14-6-2-12(18)3-7-14/h2-9,11H,10,18-19H2,1H3. The fourth-order valence-corrected chi connectivity index (χ4v) is 1.69. The Bertz CT molecular complexity index is 698. The molecule has 0 bridgehead atoms. The quantitative estimate of drug-likeness (QED) is 0.471. The van der Waals surface area contributed by atoms with Crippen molar-refractivity contribution < 1.29 is 23.8 Å². The van der Waals surface area contributed by atoms with E-state index in [1.54, 1.807) is 48.5 Å². The van der Waals surface area contributed by atoms with Crippen molar-refractivity contribution in [3.8, 4) is 11.5 Å². The summed E-state index contributed by atoms with van der Waals surface area (Å²) in [6, 6.07) is 12.7. The van der Waals surface area contributed by atoms with Crippen LogP contribution in [-0.2, 0) is 14.3 Å². The fourth-order valence-electron chi connectivity index (χ4n) is 1.69. The molecule has 0 aromatic heterocycles. The largest absolute Gasteiger partial charge is 0.425 e. The molecule has 0 saturated heterocycles. The number of carbonyl (C=O) groups excluding carboxylic acids is 2. The van der Waals surface area contributed by atoms with Crippen molar-refractivity contribution in [1.29, 1.82) is 0 Å². The first-order valence-corrected chi connectivity index (χ1v) is 7.19. The van der Waals surface area contributed by atoms with Crippen molar-refractivity contribution in [3.05, 3.63) is 48.5 Å². The normalized spacial score (nSPS) is 11.5. The van der Waals surface area contributed by atoms with Crippen LogP contribution in [0.25, 0.3) is 0 Å². The van der Waals surface area contributed by atoms with Crippen LogP contribution in [0.2, 0.25) is 0 Å². The van der Waals surface area contributed by atoms with Crippen molar-refractivity contribution in [2.75, 3.05) is 18.1 Å². The molecular formula is C17H18N2O5. The van der Waals surface area contributed by atoms with Crippen molar-refractivity contribution in [2.45, 2.75) is 13.0 Å². The summed E-state index contributed by atoms with van der Waals surface area (Å²) in [5, 5.41) is 0. The third-order valence-corrected chi connectivity index (χ3v) is 2.99. The Labute approximate surface area is 139 Å². The van der Waals surface area contributed by atoms with Gasteiger partial charge in [-0.2, -0.15) is 0 Å². The van der Waals surface area contributed by atoms with E-state index in [0.29, 0.717) is 22.9 Å². The lowest BCUT2D eigenvalue weighted by Crippen LogP contribution is -2.29. The lowest BCUT2D eigenvalue weighted by molar-refractivity contribution is -0.152. The Kier molecular flexibility index (Phi) is 5.75. The Morgan fingerprint density at radius 1 is 0.875 bits per heavy atom. The van der Waals surface area contributed by atoms with Gasteiger partial charge in [-0.1, -0.05) is 0 Å². The zero-order valence-electron chi connectivity index (χ0n) is 13.1. The number of esters is 2. The minimum absolute atomic E-state index is 0.342. The summed E-state index contributed by atoms with van der Waals surface area (Å²) >= 11 is 0. The van der Waals surface area contributed by atoms with Gasteiger partial charge in [-0.05, 0) is 55.5 Å². The molecule has 4 N–H and O–H groups in total. The Morgan fingerprint density at radius 3 is 1.83 bits per heavy atom. The monoisotopic (exact) mass is 330 g/mol. The molecule has 0 spiro atoms. The van der Waals surface area contributed by atoms with E-state index < -0.39 is 18.0 Å². The molecule has 0 amide bonds. The van der Waals surface area contributed by atoms with Crippen LogP contribution in [0, 0.1) is 0 Å². The minimum Gasteiger partial charge on any atom is -0.425 e. The highest BCUT2D eigenvalue weighted by Gasteiger charge is 2.18. The van der Waals surface area contributed by atoms with E-state index in [1.807, 2.05) is 0 Å². The zero-order chi connectivity index (χ0) is 17.5. The molecule has 126 valence electrons. The number of benzene rings is 2. The third kappa shape index (κ3) is 5.29. The van der Waals surface area contributed by atoms with Crippen LogP contribution in [0.4, 0.5) is 11.4 Å². The highest BCUT2D eigenvalue weighted by atomic mass is 16.6. The summed E-state index contributed by atoms with van der Waals surface area (Å²) in [4.78, 5) is 23.5. The first-order chi connectivity index (χ1) is 11.4. The highest BCUT2D eigenvalue weighted by molar-refractivity contribution is 5.78. The first kappa shape index (κ1) is 17.3. The van der Waals surface area contributed by atoms with E-state index in [4.69, 9.17) is 25.7 Å². The molecule has 0 aliphatic carbocycles. The van der Waals surface area contributed by atoms with E-state index >= 15 is 0 Å². The van der Waals surface area contributed by atoms with Crippen LogP contribution in [0.5, 0.6) is 11.5 Å². The van der Waals surface area contributed by atoms with E-state index in [9.17, 15) is 9.59 Å². The number of anilines is 2. The van der Waals surface area contributed by atoms with Gasteiger partial charge < -0.3 is 25.7 Å². The highest BCUT2D eigenvalue weighted by Crippen LogP contribution is 2.15. The van der Waals surface area contributed by atoms with Gasteiger partial charge in [-0.3, -0.25) is 0 Å². The summed E-state index contributed by atoms with van der Waals surface area (Å²) in [6.45, 7) is 1.10. The maximum Gasteiger partial charge on any atom is 0.340 e. The van der Waals surface area contributed by atoms with Gasteiger partial charge in [-0.25, -0.2) is 9.59 Å². The molecule has 7 heteroatoms. The van der Waals surface area contributed by atoms with E-state index in [0.717, 1.165) is 0 Å². The predicted octanol–water partition coefficient (Wildman–Crippen LogP) is 1.77. The molecule has 0 aliphatic rings. The predicted molar refractivity (Wildman–Crippen MR) is 88.4 cm³/mol. The van der Waals surface area contributed by atoms with Crippen LogP contribution in [0.1, 0.15) is 6.92 Å².